The highest BCUT2D eigenvalue weighted by Gasteiger charge is 2.28. The molecule has 0 saturated heterocycles. The van der Waals surface area contributed by atoms with Crippen molar-refractivity contribution in [2.75, 3.05) is 30.9 Å². The fourth-order valence-corrected chi connectivity index (χ4v) is 3.22. The Morgan fingerprint density at radius 3 is 2.63 bits per heavy atom. The van der Waals surface area contributed by atoms with E-state index >= 15 is 0 Å². The number of nitrogens with zero attached hydrogens (tertiary/aromatic N) is 4. The van der Waals surface area contributed by atoms with Gasteiger partial charge in [0.25, 0.3) is 5.91 Å². The molecule has 2 aromatic rings. The summed E-state index contributed by atoms with van der Waals surface area (Å²) in [4.78, 5) is 36.8. The average molecular weight is 498 g/mol. The summed E-state index contributed by atoms with van der Waals surface area (Å²) in [5, 5.41) is 2.96. The molecule has 0 aliphatic carbocycles. The number of benzene rings is 1. The maximum Gasteiger partial charge on any atom is 0.410 e. The zero-order valence-electron chi connectivity index (χ0n) is 21.1. The molecular formula is C26H32ClN5O3. The monoisotopic (exact) mass is 497 g/mol. The number of carbonyl (C=O) groups excluding carboxylic acids is 2. The van der Waals surface area contributed by atoms with Gasteiger partial charge in [0.15, 0.2) is 0 Å². The second-order valence-corrected chi connectivity index (χ2v) is 9.23. The van der Waals surface area contributed by atoms with Crippen molar-refractivity contribution in [3.8, 4) is 11.8 Å². The van der Waals surface area contributed by atoms with Gasteiger partial charge in [-0.05, 0) is 57.0 Å². The summed E-state index contributed by atoms with van der Waals surface area (Å²) < 4.78 is 5.34. The summed E-state index contributed by atoms with van der Waals surface area (Å²) in [5.74, 6) is 6.41. The van der Waals surface area contributed by atoms with Crippen LogP contribution >= 0.6 is 11.6 Å². The number of aromatic nitrogens is 2. The summed E-state index contributed by atoms with van der Waals surface area (Å²) in [5.41, 5.74) is 1.17. The number of halogens is 1. The zero-order chi connectivity index (χ0) is 26.2. The summed E-state index contributed by atoms with van der Waals surface area (Å²) in [7, 11) is 3.41. The minimum Gasteiger partial charge on any atom is -0.444 e. The Balaban J connectivity index is 2.21. The molecule has 1 atom stereocenters. The molecule has 9 heteroatoms. The Morgan fingerprint density at radius 2 is 2.00 bits per heavy atom. The lowest BCUT2D eigenvalue weighted by Gasteiger charge is -2.28. The van der Waals surface area contributed by atoms with Crippen molar-refractivity contribution in [1.82, 2.24) is 14.9 Å². The van der Waals surface area contributed by atoms with E-state index in [1.54, 1.807) is 45.2 Å². The molecular weight excluding hydrogens is 466 g/mol. The van der Waals surface area contributed by atoms with E-state index in [-0.39, 0.29) is 5.28 Å². The number of amides is 2. The number of ether oxygens (including phenoxy) is 1. The molecule has 1 heterocycles. The van der Waals surface area contributed by atoms with Crippen LogP contribution in [0.1, 0.15) is 45.2 Å². The summed E-state index contributed by atoms with van der Waals surface area (Å²) in [6, 6.07) is 6.17. The van der Waals surface area contributed by atoms with E-state index in [0.29, 0.717) is 22.6 Å². The van der Waals surface area contributed by atoms with Gasteiger partial charge < -0.3 is 15.0 Å². The quantitative estimate of drug-likeness (QED) is 0.338. The van der Waals surface area contributed by atoms with E-state index in [4.69, 9.17) is 16.3 Å². The molecule has 2 amide bonds. The molecule has 186 valence electrons. The van der Waals surface area contributed by atoms with E-state index in [2.05, 4.69) is 40.6 Å². The first-order chi connectivity index (χ1) is 16.4. The first kappa shape index (κ1) is 27.7. The number of likely N-dealkylation sites (N-methyl/N-ethyl adjacent to an activating group) is 1. The van der Waals surface area contributed by atoms with Crippen molar-refractivity contribution in [3.05, 3.63) is 59.5 Å². The van der Waals surface area contributed by atoms with E-state index in [1.807, 2.05) is 18.0 Å². The van der Waals surface area contributed by atoms with Crippen molar-refractivity contribution in [2.45, 2.75) is 45.8 Å². The maximum atomic E-state index is 12.9. The molecule has 1 aromatic carbocycles. The molecule has 0 radical (unpaired) electrons. The Bertz CT molecular complexity index is 1130. The molecule has 0 unspecified atom stereocenters. The topological polar surface area (TPSA) is 87.7 Å². The third-order valence-electron chi connectivity index (χ3n) is 4.72. The number of carbonyl (C=O) groups is 2. The SMILES string of the molecule is C=C[C@@H](C(=O)Nc1cccc(C#Cc2cnc(Cl)nc2N(C)CCC)c1)N(C)C(=O)OC(C)(C)C. The first-order valence-corrected chi connectivity index (χ1v) is 11.6. The molecule has 0 bridgehead atoms. The second-order valence-electron chi connectivity index (χ2n) is 8.89. The first-order valence-electron chi connectivity index (χ1n) is 11.2. The molecule has 1 aromatic heterocycles. The van der Waals surface area contributed by atoms with Crippen LogP contribution in [0.15, 0.2) is 43.1 Å². The van der Waals surface area contributed by atoms with Crippen molar-refractivity contribution in [1.29, 1.82) is 0 Å². The highest BCUT2D eigenvalue weighted by molar-refractivity contribution is 6.28. The van der Waals surface area contributed by atoms with Crippen LogP contribution in [0.2, 0.25) is 5.28 Å². The molecule has 0 aliphatic rings. The number of hydrogen-bond donors (Lipinski definition) is 1. The lowest BCUT2D eigenvalue weighted by molar-refractivity contribution is -0.119. The standard InChI is InChI=1S/C26H32ClN5O3/c1-8-15-31(6)22-19(17-28-24(27)30-22)14-13-18-11-10-12-20(16-18)29-23(33)21(9-2)32(7)25(34)35-26(3,4)5/h9-12,16-17,21H,2,8,15H2,1,3-7H3,(H,29,33)/t21-/m0/s1. The smallest absolute Gasteiger partial charge is 0.410 e. The van der Waals surface area contributed by atoms with Gasteiger partial charge in [0.05, 0.1) is 5.56 Å². The van der Waals surface area contributed by atoms with Gasteiger partial charge in [0.1, 0.15) is 17.5 Å². The van der Waals surface area contributed by atoms with E-state index in [9.17, 15) is 9.59 Å². The van der Waals surface area contributed by atoms with Crippen molar-refractivity contribution in [2.24, 2.45) is 0 Å². The highest BCUT2D eigenvalue weighted by Crippen LogP contribution is 2.18. The second kappa shape index (κ2) is 12.2. The fourth-order valence-electron chi connectivity index (χ4n) is 3.09. The summed E-state index contributed by atoms with van der Waals surface area (Å²) in [6.07, 6.45) is 3.31. The summed E-state index contributed by atoms with van der Waals surface area (Å²) >= 11 is 5.98. The molecule has 0 fully saturated rings. The summed E-state index contributed by atoms with van der Waals surface area (Å²) in [6.45, 7) is 11.8. The van der Waals surface area contributed by atoms with Gasteiger partial charge in [-0.1, -0.05) is 30.9 Å². The predicted octanol–water partition coefficient (Wildman–Crippen LogP) is 4.74. The van der Waals surface area contributed by atoms with Crippen LogP contribution < -0.4 is 10.2 Å². The molecule has 35 heavy (non-hydrogen) atoms. The van der Waals surface area contributed by atoms with Gasteiger partial charge in [-0.3, -0.25) is 9.69 Å². The Morgan fingerprint density at radius 1 is 1.29 bits per heavy atom. The van der Waals surface area contributed by atoms with Crippen molar-refractivity contribution >= 4 is 35.1 Å². The van der Waals surface area contributed by atoms with Crippen LogP contribution in [0.5, 0.6) is 0 Å². The molecule has 2 rings (SSSR count). The average Bonchev–Trinajstić information content (AvgIpc) is 2.78. The van der Waals surface area contributed by atoms with Gasteiger partial charge in [0, 0.05) is 38.1 Å². The number of rotatable bonds is 7. The molecule has 8 nitrogen and oxygen atoms in total. The van der Waals surface area contributed by atoms with E-state index < -0.39 is 23.6 Å². The number of anilines is 2. The van der Waals surface area contributed by atoms with Crippen molar-refractivity contribution in [3.63, 3.8) is 0 Å². The van der Waals surface area contributed by atoms with Crippen LogP contribution in [0.4, 0.5) is 16.3 Å². The normalized spacial score (nSPS) is 11.5. The van der Waals surface area contributed by atoms with Crippen LogP contribution in [0.3, 0.4) is 0 Å². The third-order valence-corrected chi connectivity index (χ3v) is 4.90. The maximum absolute atomic E-state index is 12.9. The third kappa shape index (κ3) is 8.30. The Kier molecular flexibility index (Phi) is 9.67. The van der Waals surface area contributed by atoms with Gasteiger partial charge in [-0.25, -0.2) is 9.78 Å². The lowest BCUT2D eigenvalue weighted by atomic mass is 10.1. The van der Waals surface area contributed by atoms with Crippen LogP contribution in [-0.2, 0) is 9.53 Å². The molecule has 0 aliphatic heterocycles. The predicted molar refractivity (Wildman–Crippen MR) is 140 cm³/mol. The van der Waals surface area contributed by atoms with Gasteiger partial charge >= 0.3 is 6.09 Å². The molecule has 0 spiro atoms. The van der Waals surface area contributed by atoms with Crippen LogP contribution in [-0.4, -0.2) is 59.2 Å². The lowest BCUT2D eigenvalue weighted by Crippen LogP contribution is -2.45. The van der Waals surface area contributed by atoms with Gasteiger partial charge in [0.2, 0.25) is 5.28 Å². The number of hydrogen-bond acceptors (Lipinski definition) is 6. The minimum atomic E-state index is -0.914. The Labute approximate surface area is 212 Å². The van der Waals surface area contributed by atoms with E-state index in [0.717, 1.165) is 13.0 Å². The zero-order valence-corrected chi connectivity index (χ0v) is 21.8. The van der Waals surface area contributed by atoms with Crippen molar-refractivity contribution < 1.29 is 14.3 Å². The molecule has 1 N–H and O–H groups in total. The van der Waals surface area contributed by atoms with Crippen LogP contribution in [0, 0.1) is 11.8 Å². The highest BCUT2D eigenvalue weighted by atomic mass is 35.5. The van der Waals surface area contributed by atoms with Gasteiger partial charge in [-0.2, -0.15) is 4.98 Å². The van der Waals surface area contributed by atoms with E-state index in [1.165, 1.54) is 18.0 Å². The largest absolute Gasteiger partial charge is 0.444 e. The Hall–Kier alpha value is -3.57. The number of nitrogens with one attached hydrogen (secondary N) is 1. The van der Waals surface area contributed by atoms with Gasteiger partial charge in [-0.15, -0.1) is 6.58 Å². The van der Waals surface area contributed by atoms with Crippen LogP contribution in [0.25, 0.3) is 0 Å². The molecule has 0 saturated carbocycles. The fraction of sp³-hybridized carbons (Fsp3) is 0.385. The minimum absolute atomic E-state index is 0.159.